The number of Topliss-reactive ketones (excluding diaryl/α,β-unsaturated/α-hetero) is 1. The Bertz CT molecular complexity index is 505. The number of hydrogen-bond donors (Lipinski definition) is 1. The number of sulfone groups is 1. The minimum atomic E-state index is -3.18. The third-order valence-electron chi connectivity index (χ3n) is 2.64. The second-order valence-electron chi connectivity index (χ2n) is 4.37. The molecule has 1 heterocycles. The van der Waals surface area contributed by atoms with Crippen LogP contribution in [-0.4, -0.2) is 41.3 Å². The van der Waals surface area contributed by atoms with Crippen molar-refractivity contribution in [3.8, 4) is 0 Å². The van der Waals surface area contributed by atoms with Crippen LogP contribution in [0.1, 0.15) is 30.8 Å². The first-order chi connectivity index (χ1) is 8.36. The summed E-state index contributed by atoms with van der Waals surface area (Å²) in [7, 11) is -3.18. The number of ketones is 1. The summed E-state index contributed by atoms with van der Waals surface area (Å²) in [5.74, 6) is -0.386. The number of nitrogens with zero attached hydrogens (tertiary/aromatic N) is 2. The van der Waals surface area contributed by atoms with Gasteiger partial charge in [-0.1, -0.05) is 0 Å². The molecule has 0 aromatic carbocycles. The van der Waals surface area contributed by atoms with Crippen LogP contribution in [0.2, 0.25) is 0 Å². The monoisotopic (exact) mass is 273 g/mol. The van der Waals surface area contributed by atoms with Crippen LogP contribution in [0.15, 0.2) is 12.5 Å². The number of rotatable bonds is 7. The van der Waals surface area contributed by atoms with Crippen LogP contribution in [0.4, 0.5) is 0 Å². The molecule has 6 nitrogen and oxygen atoms in total. The molecule has 0 saturated carbocycles. The van der Waals surface area contributed by atoms with Crippen LogP contribution in [0, 0.1) is 0 Å². The predicted molar refractivity (Wildman–Crippen MR) is 69.2 cm³/mol. The smallest absolute Gasteiger partial charge is 0.183 e. The van der Waals surface area contributed by atoms with E-state index in [1.54, 1.807) is 24.6 Å². The SMILES string of the molecule is CC(C)S(=O)(=O)CCC(=O)c1cn(CCN)cn1. The standard InChI is InChI=1S/C11H19N3O3S/c1-9(2)18(16,17)6-3-11(15)10-7-14(5-4-12)8-13-10/h7-9H,3-6,12H2,1-2H3. The van der Waals surface area contributed by atoms with Gasteiger partial charge in [-0.15, -0.1) is 0 Å². The summed E-state index contributed by atoms with van der Waals surface area (Å²) in [6.07, 6.45) is 3.09. The van der Waals surface area contributed by atoms with Crippen molar-refractivity contribution in [1.82, 2.24) is 9.55 Å². The molecule has 0 unspecified atom stereocenters. The van der Waals surface area contributed by atoms with Crippen molar-refractivity contribution >= 4 is 15.6 Å². The van der Waals surface area contributed by atoms with Gasteiger partial charge in [0.15, 0.2) is 15.6 Å². The summed E-state index contributed by atoms with van der Waals surface area (Å²) in [4.78, 5) is 15.7. The maximum absolute atomic E-state index is 11.8. The highest BCUT2D eigenvalue weighted by atomic mass is 32.2. The zero-order chi connectivity index (χ0) is 13.8. The molecule has 1 aromatic rings. The van der Waals surface area contributed by atoms with Crippen LogP contribution < -0.4 is 5.73 Å². The first-order valence-corrected chi connectivity index (χ1v) is 7.55. The summed E-state index contributed by atoms with van der Waals surface area (Å²) in [6, 6.07) is 0. The lowest BCUT2D eigenvalue weighted by Crippen LogP contribution is -2.20. The molecule has 0 spiro atoms. The van der Waals surface area contributed by atoms with Gasteiger partial charge < -0.3 is 10.3 Å². The van der Waals surface area contributed by atoms with Crippen molar-refractivity contribution in [1.29, 1.82) is 0 Å². The second kappa shape index (κ2) is 6.10. The molecule has 1 rings (SSSR count). The molecule has 1 aromatic heterocycles. The van der Waals surface area contributed by atoms with E-state index in [9.17, 15) is 13.2 Å². The van der Waals surface area contributed by atoms with Gasteiger partial charge in [0.25, 0.3) is 0 Å². The van der Waals surface area contributed by atoms with E-state index in [-0.39, 0.29) is 18.0 Å². The average molecular weight is 273 g/mol. The molecular weight excluding hydrogens is 254 g/mol. The van der Waals surface area contributed by atoms with E-state index in [0.717, 1.165) is 0 Å². The van der Waals surface area contributed by atoms with E-state index in [1.807, 2.05) is 0 Å². The largest absolute Gasteiger partial charge is 0.335 e. The number of carbonyl (C=O) groups is 1. The van der Waals surface area contributed by atoms with Crippen LogP contribution in [0.3, 0.4) is 0 Å². The Labute approximate surface area is 107 Å². The second-order valence-corrected chi connectivity index (χ2v) is 7.05. The lowest BCUT2D eigenvalue weighted by molar-refractivity contribution is 0.0984. The lowest BCUT2D eigenvalue weighted by atomic mass is 10.2. The molecule has 0 aliphatic carbocycles. The summed E-state index contributed by atoms with van der Waals surface area (Å²) in [5.41, 5.74) is 5.68. The van der Waals surface area contributed by atoms with E-state index < -0.39 is 15.1 Å². The molecule has 0 radical (unpaired) electrons. The predicted octanol–water partition coefficient (Wildman–Crippen LogP) is 0.238. The van der Waals surface area contributed by atoms with Crippen LogP contribution in [0.5, 0.6) is 0 Å². The fraction of sp³-hybridized carbons (Fsp3) is 0.636. The number of aromatic nitrogens is 2. The molecule has 0 atom stereocenters. The highest BCUT2D eigenvalue weighted by molar-refractivity contribution is 7.91. The van der Waals surface area contributed by atoms with Gasteiger partial charge >= 0.3 is 0 Å². The van der Waals surface area contributed by atoms with E-state index in [2.05, 4.69) is 4.98 Å². The van der Waals surface area contributed by atoms with Gasteiger partial charge in [0.2, 0.25) is 0 Å². The molecule has 0 saturated heterocycles. The zero-order valence-electron chi connectivity index (χ0n) is 10.7. The Morgan fingerprint density at radius 2 is 2.17 bits per heavy atom. The van der Waals surface area contributed by atoms with Gasteiger partial charge in [-0.25, -0.2) is 13.4 Å². The topological polar surface area (TPSA) is 95.0 Å². The Morgan fingerprint density at radius 3 is 2.72 bits per heavy atom. The quantitative estimate of drug-likeness (QED) is 0.718. The molecule has 0 aliphatic heterocycles. The summed E-state index contributed by atoms with van der Waals surface area (Å²) in [5, 5.41) is -0.458. The Balaban J connectivity index is 2.60. The Kier molecular flexibility index (Phi) is 5.03. The normalized spacial score (nSPS) is 12.0. The summed E-state index contributed by atoms with van der Waals surface area (Å²) < 4.78 is 24.9. The Morgan fingerprint density at radius 1 is 1.50 bits per heavy atom. The lowest BCUT2D eigenvalue weighted by Gasteiger charge is -2.05. The van der Waals surface area contributed by atoms with Crippen LogP contribution in [0.25, 0.3) is 0 Å². The number of carbonyl (C=O) groups excluding carboxylic acids is 1. The zero-order valence-corrected chi connectivity index (χ0v) is 11.5. The van der Waals surface area contributed by atoms with Gasteiger partial charge in [0, 0.05) is 25.7 Å². The first kappa shape index (κ1) is 14.8. The van der Waals surface area contributed by atoms with Crippen molar-refractivity contribution < 1.29 is 13.2 Å². The molecule has 0 amide bonds. The van der Waals surface area contributed by atoms with E-state index in [0.29, 0.717) is 18.8 Å². The third kappa shape index (κ3) is 3.92. The molecule has 0 fully saturated rings. The van der Waals surface area contributed by atoms with Crippen molar-refractivity contribution in [2.24, 2.45) is 5.73 Å². The minimum Gasteiger partial charge on any atom is -0.335 e. The fourth-order valence-corrected chi connectivity index (χ4v) is 2.32. The molecule has 2 N–H and O–H groups in total. The van der Waals surface area contributed by atoms with Crippen LogP contribution in [-0.2, 0) is 16.4 Å². The van der Waals surface area contributed by atoms with Gasteiger partial charge in [0.1, 0.15) is 5.69 Å². The van der Waals surface area contributed by atoms with Crippen molar-refractivity contribution in [2.75, 3.05) is 12.3 Å². The van der Waals surface area contributed by atoms with Gasteiger partial charge in [-0.05, 0) is 13.8 Å². The van der Waals surface area contributed by atoms with Gasteiger partial charge in [-0.2, -0.15) is 0 Å². The van der Waals surface area contributed by atoms with E-state index in [1.165, 1.54) is 6.33 Å². The molecule has 7 heteroatoms. The molecule has 0 bridgehead atoms. The summed E-state index contributed by atoms with van der Waals surface area (Å²) >= 11 is 0. The fourth-order valence-electron chi connectivity index (χ4n) is 1.37. The minimum absolute atomic E-state index is 0.0276. The molecule has 0 aliphatic rings. The van der Waals surface area contributed by atoms with Gasteiger partial charge in [0.05, 0.1) is 17.3 Å². The number of nitrogens with two attached hydrogens (primary N) is 1. The average Bonchev–Trinajstić information content (AvgIpc) is 2.75. The Hall–Kier alpha value is -1.21. The highest BCUT2D eigenvalue weighted by Gasteiger charge is 2.19. The highest BCUT2D eigenvalue weighted by Crippen LogP contribution is 2.07. The van der Waals surface area contributed by atoms with E-state index in [4.69, 9.17) is 5.73 Å². The van der Waals surface area contributed by atoms with Crippen molar-refractivity contribution in [3.63, 3.8) is 0 Å². The van der Waals surface area contributed by atoms with Crippen molar-refractivity contribution in [3.05, 3.63) is 18.2 Å². The maximum atomic E-state index is 11.8. The third-order valence-corrected chi connectivity index (χ3v) is 4.85. The summed E-state index contributed by atoms with van der Waals surface area (Å²) in [6.45, 7) is 4.27. The molecule has 102 valence electrons. The molecular formula is C11H19N3O3S. The van der Waals surface area contributed by atoms with Crippen LogP contribution >= 0.6 is 0 Å². The number of imidazole rings is 1. The number of hydrogen-bond acceptors (Lipinski definition) is 5. The van der Waals surface area contributed by atoms with Crippen molar-refractivity contribution in [2.45, 2.75) is 32.1 Å². The molecule has 18 heavy (non-hydrogen) atoms. The van der Waals surface area contributed by atoms with Gasteiger partial charge in [-0.3, -0.25) is 4.79 Å². The van der Waals surface area contributed by atoms with E-state index >= 15 is 0 Å². The first-order valence-electron chi connectivity index (χ1n) is 5.83. The maximum Gasteiger partial charge on any atom is 0.183 e.